The number of hydrogen-bond donors (Lipinski definition) is 0. The van der Waals surface area contributed by atoms with E-state index in [-0.39, 0.29) is 18.0 Å². The molecule has 0 amide bonds. The minimum absolute atomic E-state index is 0.0751. The quantitative estimate of drug-likeness (QED) is 0.487. The van der Waals surface area contributed by atoms with Crippen LogP contribution in [0.2, 0.25) is 0 Å². The highest BCUT2D eigenvalue weighted by Crippen LogP contribution is 2.36. The van der Waals surface area contributed by atoms with E-state index in [2.05, 4.69) is 43.4 Å². The van der Waals surface area contributed by atoms with Crippen molar-refractivity contribution in [2.24, 2.45) is 17.8 Å². The number of hydrogen-bond acceptors (Lipinski definition) is 2. The zero-order valence-electron chi connectivity index (χ0n) is 14.0. The lowest BCUT2D eigenvalue weighted by Gasteiger charge is -2.37. The second-order valence-corrected chi connectivity index (χ2v) is 8.21. The molecule has 0 heterocycles. The van der Waals surface area contributed by atoms with E-state index < -0.39 is 0 Å². The molecule has 0 N–H and O–H groups in total. The normalized spacial score (nSPS) is 26.7. The largest absolute Gasteiger partial charge is 0.462 e. The lowest BCUT2D eigenvalue weighted by molar-refractivity contribution is -0.157. The van der Waals surface area contributed by atoms with Crippen molar-refractivity contribution in [3.05, 3.63) is 33.4 Å². The van der Waals surface area contributed by atoms with Crippen molar-refractivity contribution in [2.75, 3.05) is 0 Å². The first-order valence-corrected chi connectivity index (χ1v) is 9.43. The van der Waals surface area contributed by atoms with Crippen molar-refractivity contribution >= 4 is 28.6 Å². The van der Waals surface area contributed by atoms with Crippen LogP contribution in [0.3, 0.4) is 0 Å². The summed E-state index contributed by atoms with van der Waals surface area (Å²) in [6, 6.07) is 8.05. The molecule has 0 radical (unpaired) electrons. The number of esters is 1. The third-order valence-electron chi connectivity index (χ3n) is 4.95. The average molecular weight is 414 g/mol. The molecule has 3 heteroatoms. The summed E-state index contributed by atoms with van der Waals surface area (Å²) < 4.78 is 7.09. The zero-order valence-corrected chi connectivity index (χ0v) is 16.2. The van der Waals surface area contributed by atoms with E-state index in [1.54, 1.807) is 0 Å². The van der Waals surface area contributed by atoms with E-state index in [1.165, 1.54) is 12.8 Å². The third kappa shape index (κ3) is 4.24. The van der Waals surface area contributed by atoms with E-state index in [4.69, 9.17) is 4.74 Å². The van der Waals surface area contributed by atoms with Crippen LogP contribution >= 0.6 is 22.6 Å². The average Bonchev–Trinajstić information content (AvgIpc) is 2.46. The van der Waals surface area contributed by atoms with Crippen molar-refractivity contribution in [3.63, 3.8) is 0 Å². The monoisotopic (exact) mass is 414 g/mol. The SMILES string of the molecule is CC1CCC(C(C)C)C(OC(=O)[C@@H](C)c2ccccc2I)C1. The van der Waals surface area contributed by atoms with E-state index in [1.807, 2.05) is 31.2 Å². The van der Waals surface area contributed by atoms with Gasteiger partial charge < -0.3 is 4.74 Å². The van der Waals surface area contributed by atoms with Crippen LogP contribution in [0.1, 0.15) is 58.4 Å². The fourth-order valence-electron chi connectivity index (χ4n) is 3.45. The van der Waals surface area contributed by atoms with Crippen LogP contribution in [-0.4, -0.2) is 12.1 Å². The van der Waals surface area contributed by atoms with E-state index in [0.29, 0.717) is 17.8 Å². The van der Waals surface area contributed by atoms with Crippen molar-refractivity contribution < 1.29 is 9.53 Å². The van der Waals surface area contributed by atoms with Crippen molar-refractivity contribution in [1.29, 1.82) is 0 Å². The number of carbonyl (C=O) groups excluding carboxylic acids is 1. The Morgan fingerprint density at radius 1 is 1.23 bits per heavy atom. The molecule has 22 heavy (non-hydrogen) atoms. The molecule has 0 aromatic heterocycles. The summed E-state index contributed by atoms with van der Waals surface area (Å²) in [6.45, 7) is 8.70. The molecule has 122 valence electrons. The molecule has 3 unspecified atom stereocenters. The Hall–Kier alpha value is -0.580. The van der Waals surface area contributed by atoms with Gasteiger partial charge in [0.15, 0.2) is 0 Å². The Bertz CT molecular complexity index is 512. The fourth-order valence-corrected chi connectivity index (χ4v) is 4.31. The minimum Gasteiger partial charge on any atom is -0.462 e. The van der Waals surface area contributed by atoms with E-state index >= 15 is 0 Å². The highest BCUT2D eigenvalue weighted by Gasteiger charge is 2.34. The highest BCUT2D eigenvalue weighted by atomic mass is 127. The van der Waals surface area contributed by atoms with E-state index in [9.17, 15) is 4.79 Å². The number of benzene rings is 1. The number of carbonyl (C=O) groups is 1. The molecule has 4 atom stereocenters. The molecule has 1 saturated carbocycles. The molecule has 0 saturated heterocycles. The van der Waals surface area contributed by atoms with Gasteiger partial charge in [0.2, 0.25) is 0 Å². The molecule has 0 bridgehead atoms. The van der Waals surface area contributed by atoms with Crippen LogP contribution in [0.15, 0.2) is 24.3 Å². The summed E-state index contributed by atoms with van der Waals surface area (Å²) in [6.07, 6.45) is 3.52. The first kappa shape index (κ1) is 17.8. The predicted molar refractivity (Wildman–Crippen MR) is 98.8 cm³/mol. The van der Waals surface area contributed by atoms with Gasteiger partial charge in [0, 0.05) is 3.57 Å². The van der Waals surface area contributed by atoms with Crippen LogP contribution in [0.5, 0.6) is 0 Å². The van der Waals surface area contributed by atoms with Gasteiger partial charge in [-0.15, -0.1) is 0 Å². The molecule has 1 fully saturated rings. The maximum atomic E-state index is 12.6. The summed E-state index contributed by atoms with van der Waals surface area (Å²) in [5.74, 6) is 1.45. The second kappa shape index (κ2) is 7.80. The maximum absolute atomic E-state index is 12.6. The summed E-state index contributed by atoms with van der Waals surface area (Å²) in [5.41, 5.74) is 1.07. The van der Waals surface area contributed by atoms with E-state index in [0.717, 1.165) is 15.6 Å². The van der Waals surface area contributed by atoms with Gasteiger partial charge in [-0.25, -0.2) is 0 Å². The molecule has 2 nitrogen and oxygen atoms in total. The molecule has 2 rings (SSSR count). The molecule has 0 aliphatic heterocycles. The number of ether oxygens (including phenoxy) is 1. The Labute approximate surface area is 148 Å². The summed E-state index contributed by atoms with van der Waals surface area (Å²) >= 11 is 2.29. The van der Waals surface area contributed by atoms with Gasteiger partial charge in [-0.1, -0.05) is 45.4 Å². The van der Waals surface area contributed by atoms with Crippen LogP contribution < -0.4 is 0 Å². The topological polar surface area (TPSA) is 26.3 Å². The Morgan fingerprint density at radius 2 is 1.91 bits per heavy atom. The Kier molecular flexibility index (Phi) is 6.30. The molecule has 1 aromatic rings. The van der Waals surface area contributed by atoms with Gasteiger partial charge in [-0.3, -0.25) is 4.79 Å². The summed E-state index contributed by atoms with van der Waals surface area (Å²) in [4.78, 5) is 12.6. The predicted octanol–water partition coefficient (Wildman–Crippen LogP) is 5.40. The first-order chi connectivity index (χ1) is 10.4. The van der Waals surface area contributed by atoms with Crippen LogP contribution in [0.4, 0.5) is 0 Å². The molecule has 1 aliphatic carbocycles. The van der Waals surface area contributed by atoms with Crippen LogP contribution in [0.25, 0.3) is 0 Å². The Morgan fingerprint density at radius 3 is 2.55 bits per heavy atom. The van der Waals surface area contributed by atoms with Gasteiger partial charge >= 0.3 is 5.97 Å². The highest BCUT2D eigenvalue weighted by molar-refractivity contribution is 14.1. The van der Waals surface area contributed by atoms with Gasteiger partial charge in [-0.05, 0) is 71.7 Å². The molecular weight excluding hydrogens is 387 g/mol. The molecule has 1 aliphatic rings. The zero-order chi connectivity index (χ0) is 16.3. The number of rotatable bonds is 4. The smallest absolute Gasteiger partial charge is 0.313 e. The van der Waals surface area contributed by atoms with Crippen LogP contribution in [0, 0.1) is 21.3 Å². The number of halogens is 1. The van der Waals surface area contributed by atoms with Gasteiger partial charge in [-0.2, -0.15) is 0 Å². The third-order valence-corrected chi connectivity index (χ3v) is 5.94. The lowest BCUT2D eigenvalue weighted by atomic mass is 9.75. The Balaban J connectivity index is 2.07. The van der Waals surface area contributed by atoms with Crippen LogP contribution in [-0.2, 0) is 9.53 Å². The molecule has 0 spiro atoms. The van der Waals surface area contributed by atoms with Crippen molar-refractivity contribution in [2.45, 2.75) is 59.0 Å². The van der Waals surface area contributed by atoms with Crippen molar-refractivity contribution in [1.82, 2.24) is 0 Å². The molecule has 1 aromatic carbocycles. The first-order valence-electron chi connectivity index (χ1n) is 8.35. The van der Waals surface area contributed by atoms with Gasteiger partial charge in [0.1, 0.15) is 6.10 Å². The standard InChI is InChI=1S/C19H27IO2/c1-12(2)15-10-9-13(3)11-18(15)22-19(21)14(4)16-7-5-6-8-17(16)20/h5-8,12-15,18H,9-11H2,1-4H3/t13?,14-,15?,18?/m0/s1. The van der Waals surface area contributed by atoms with Crippen molar-refractivity contribution in [3.8, 4) is 0 Å². The summed E-state index contributed by atoms with van der Waals surface area (Å²) in [7, 11) is 0. The second-order valence-electron chi connectivity index (χ2n) is 7.04. The van der Waals surface area contributed by atoms with Gasteiger partial charge in [0.25, 0.3) is 0 Å². The fraction of sp³-hybridized carbons (Fsp3) is 0.632. The maximum Gasteiger partial charge on any atom is 0.313 e. The van der Waals surface area contributed by atoms with Gasteiger partial charge in [0.05, 0.1) is 5.92 Å². The lowest BCUT2D eigenvalue weighted by Crippen LogP contribution is -2.36. The minimum atomic E-state index is -0.196. The molecular formula is C19H27IO2. The summed E-state index contributed by atoms with van der Waals surface area (Å²) in [5, 5.41) is 0.